The van der Waals surface area contributed by atoms with Crippen molar-refractivity contribution in [2.75, 3.05) is 6.54 Å². The van der Waals surface area contributed by atoms with Gasteiger partial charge < -0.3 is 15.1 Å². The third-order valence-electron chi connectivity index (χ3n) is 4.04. The Morgan fingerprint density at radius 1 is 1.24 bits per heavy atom. The highest BCUT2D eigenvalue weighted by molar-refractivity contribution is 5.95. The molecule has 21 heavy (non-hydrogen) atoms. The minimum Gasteiger partial charge on any atom is -0.507 e. The second-order valence-electron chi connectivity index (χ2n) is 5.70. The summed E-state index contributed by atoms with van der Waals surface area (Å²) in [5, 5.41) is 18.8. The number of amides is 1. The number of carboxylic acid groups (broad SMARTS) is 1. The number of aryl methyl sites for hydroxylation is 2. The van der Waals surface area contributed by atoms with Crippen LogP contribution in [0.25, 0.3) is 0 Å². The highest BCUT2D eigenvalue weighted by Crippen LogP contribution is 2.26. The van der Waals surface area contributed by atoms with Gasteiger partial charge in [-0.15, -0.1) is 0 Å². The van der Waals surface area contributed by atoms with Crippen LogP contribution in [0.3, 0.4) is 0 Å². The van der Waals surface area contributed by atoms with Gasteiger partial charge in [0.05, 0.1) is 6.42 Å². The van der Waals surface area contributed by atoms with Crippen LogP contribution in [0.2, 0.25) is 0 Å². The van der Waals surface area contributed by atoms with Crippen LogP contribution in [0.15, 0.2) is 12.1 Å². The summed E-state index contributed by atoms with van der Waals surface area (Å²) < 4.78 is 0. The number of rotatable bonds is 3. The summed E-state index contributed by atoms with van der Waals surface area (Å²) in [7, 11) is 0. The van der Waals surface area contributed by atoms with E-state index in [0.29, 0.717) is 23.2 Å². The number of phenolic OH excluding ortho intramolecular Hbond substituents is 1. The molecule has 114 valence electrons. The number of nitrogens with zero attached hydrogens (tertiary/aromatic N) is 1. The molecule has 0 bridgehead atoms. The first kappa shape index (κ1) is 15.4. The summed E-state index contributed by atoms with van der Waals surface area (Å²) >= 11 is 0. The molecule has 5 heteroatoms. The molecule has 1 saturated heterocycles. The zero-order valence-electron chi connectivity index (χ0n) is 12.4. The van der Waals surface area contributed by atoms with Gasteiger partial charge in [0.1, 0.15) is 5.75 Å². The monoisotopic (exact) mass is 291 g/mol. The van der Waals surface area contributed by atoms with E-state index in [9.17, 15) is 14.7 Å². The maximum atomic E-state index is 12.7. The molecule has 1 heterocycles. The Labute approximate surface area is 124 Å². The molecule has 1 amide bonds. The van der Waals surface area contributed by atoms with Gasteiger partial charge in [-0.25, -0.2) is 0 Å². The van der Waals surface area contributed by atoms with Crippen molar-refractivity contribution in [3.8, 4) is 5.75 Å². The van der Waals surface area contributed by atoms with Crippen LogP contribution >= 0.6 is 0 Å². The molecule has 0 radical (unpaired) electrons. The molecule has 0 spiro atoms. The Morgan fingerprint density at radius 3 is 2.43 bits per heavy atom. The van der Waals surface area contributed by atoms with Gasteiger partial charge in [0.15, 0.2) is 0 Å². The second-order valence-corrected chi connectivity index (χ2v) is 5.70. The van der Waals surface area contributed by atoms with Gasteiger partial charge in [0, 0.05) is 18.2 Å². The van der Waals surface area contributed by atoms with Crippen LogP contribution in [0, 0.1) is 13.8 Å². The fourth-order valence-corrected chi connectivity index (χ4v) is 2.93. The van der Waals surface area contributed by atoms with Crippen LogP contribution in [0.1, 0.15) is 47.2 Å². The van der Waals surface area contributed by atoms with E-state index in [0.717, 1.165) is 19.3 Å². The molecule has 5 nitrogen and oxygen atoms in total. The molecule has 1 aromatic rings. The van der Waals surface area contributed by atoms with Crippen LogP contribution in [-0.2, 0) is 4.79 Å². The maximum Gasteiger partial charge on any atom is 0.305 e. The van der Waals surface area contributed by atoms with E-state index in [2.05, 4.69) is 0 Å². The van der Waals surface area contributed by atoms with Crippen molar-refractivity contribution in [1.29, 1.82) is 0 Å². The number of benzene rings is 1. The summed E-state index contributed by atoms with van der Waals surface area (Å²) in [5.41, 5.74) is 1.83. The minimum atomic E-state index is -0.877. The Morgan fingerprint density at radius 2 is 1.86 bits per heavy atom. The SMILES string of the molecule is Cc1cc(C(=O)N2CCCCC2CC(=O)O)cc(C)c1O. The first-order chi connectivity index (χ1) is 9.90. The first-order valence-electron chi connectivity index (χ1n) is 7.23. The van der Waals surface area contributed by atoms with Crippen LogP contribution in [0.5, 0.6) is 5.75 Å². The number of hydrogen-bond donors (Lipinski definition) is 2. The molecule has 1 aromatic carbocycles. The largest absolute Gasteiger partial charge is 0.507 e. The summed E-state index contributed by atoms with van der Waals surface area (Å²) in [6.07, 6.45) is 2.57. The summed E-state index contributed by atoms with van der Waals surface area (Å²) in [6.45, 7) is 4.10. The van der Waals surface area contributed by atoms with Gasteiger partial charge in [-0.3, -0.25) is 9.59 Å². The van der Waals surface area contributed by atoms with Crippen molar-refractivity contribution in [2.24, 2.45) is 0 Å². The Balaban J connectivity index is 2.26. The lowest BCUT2D eigenvalue weighted by Gasteiger charge is -2.35. The van der Waals surface area contributed by atoms with Crippen molar-refractivity contribution in [2.45, 2.75) is 45.6 Å². The molecular formula is C16H21NO4. The number of carboxylic acids is 1. The van der Waals surface area contributed by atoms with Gasteiger partial charge in [0.25, 0.3) is 5.91 Å². The Hall–Kier alpha value is -2.04. The minimum absolute atomic E-state index is 0.0121. The smallest absolute Gasteiger partial charge is 0.305 e. The molecule has 1 fully saturated rings. The highest BCUT2D eigenvalue weighted by Gasteiger charge is 2.29. The zero-order chi connectivity index (χ0) is 15.6. The van der Waals surface area contributed by atoms with Crippen molar-refractivity contribution in [3.05, 3.63) is 28.8 Å². The Kier molecular flexibility index (Phi) is 4.50. The molecule has 2 N–H and O–H groups in total. The van der Waals surface area contributed by atoms with Crippen molar-refractivity contribution in [1.82, 2.24) is 4.90 Å². The average Bonchev–Trinajstić information content (AvgIpc) is 2.43. The van der Waals surface area contributed by atoms with Crippen LogP contribution < -0.4 is 0 Å². The topological polar surface area (TPSA) is 77.8 Å². The van der Waals surface area contributed by atoms with E-state index in [1.54, 1.807) is 30.9 Å². The van der Waals surface area contributed by atoms with E-state index in [1.165, 1.54) is 0 Å². The fourth-order valence-electron chi connectivity index (χ4n) is 2.93. The summed E-state index contributed by atoms with van der Waals surface area (Å²) in [6, 6.07) is 3.09. The molecule has 2 rings (SSSR count). The van der Waals surface area contributed by atoms with E-state index >= 15 is 0 Å². The Bertz CT molecular complexity index is 544. The van der Waals surface area contributed by atoms with Crippen molar-refractivity contribution < 1.29 is 19.8 Å². The van der Waals surface area contributed by atoms with Gasteiger partial charge in [-0.05, 0) is 56.4 Å². The normalized spacial score (nSPS) is 18.6. The van der Waals surface area contributed by atoms with Crippen LogP contribution in [0.4, 0.5) is 0 Å². The van der Waals surface area contributed by atoms with Crippen molar-refractivity contribution >= 4 is 11.9 Å². The molecule has 0 aliphatic carbocycles. The maximum absolute atomic E-state index is 12.7. The fraction of sp³-hybridized carbons (Fsp3) is 0.500. The highest BCUT2D eigenvalue weighted by atomic mass is 16.4. The molecule has 0 saturated carbocycles. The van der Waals surface area contributed by atoms with E-state index < -0.39 is 5.97 Å². The number of piperidine rings is 1. The quantitative estimate of drug-likeness (QED) is 0.897. The number of phenols is 1. The number of aliphatic carboxylic acids is 1. The number of hydrogen-bond acceptors (Lipinski definition) is 3. The van der Waals surface area contributed by atoms with E-state index in [-0.39, 0.29) is 24.1 Å². The number of aromatic hydroxyl groups is 1. The number of likely N-dealkylation sites (tertiary alicyclic amines) is 1. The first-order valence-corrected chi connectivity index (χ1v) is 7.23. The lowest BCUT2D eigenvalue weighted by Crippen LogP contribution is -2.44. The lowest BCUT2D eigenvalue weighted by atomic mass is 9.97. The van der Waals surface area contributed by atoms with Gasteiger partial charge >= 0.3 is 5.97 Å². The molecule has 1 atom stereocenters. The van der Waals surface area contributed by atoms with E-state index in [4.69, 9.17) is 5.11 Å². The summed E-state index contributed by atoms with van der Waals surface area (Å²) in [4.78, 5) is 25.3. The number of carbonyl (C=O) groups excluding carboxylic acids is 1. The molecule has 0 aromatic heterocycles. The standard InChI is InChI=1S/C16H21NO4/c1-10-7-12(8-11(2)15(10)20)16(21)17-6-4-3-5-13(17)9-14(18)19/h7-8,13,20H,3-6,9H2,1-2H3,(H,18,19). The second kappa shape index (κ2) is 6.16. The average molecular weight is 291 g/mol. The van der Waals surface area contributed by atoms with Gasteiger partial charge in [-0.1, -0.05) is 0 Å². The summed E-state index contributed by atoms with van der Waals surface area (Å²) in [5.74, 6) is -0.822. The molecule has 1 aliphatic heterocycles. The van der Waals surface area contributed by atoms with Gasteiger partial charge in [-0.2, -0.15) is 0 Å². The molecule has 1 unspecified atom stereocenters. The number of carbonyl (C=O) groups is 2. The van der Waals surface area contributed by atoms with Gasteiger partial charge in [0.2, 0.25) is 0 Å². The molecular weight excluding hydrogens is 270 g/mol. The molecule has 1 aliphatic rings. The third-order valence-corrected chi connectivity index (χ3v) is 4.04. The van der Waals surface area contributed by atoms with Crippen LogP contribution in [-0.4, -0.2) is 39.6 Å². The predicted molar refractivity (Wildman–Crippen MR) is 78.5 cm³/mol. The van der Waals surface area contributed by atoms with Crippen molar-refractivity contribution in [3.63, 3.8) is 0 Å². The zero-order valence-corrected chi connectivity index (χ0v) is 12.4. The predicted octanol–water partition coefficient (Wildman–Crippen LogP) is 2.48. The lowest BCUT2D eigenvalue weighted by molar-refractivity contribution is -0.138. The van der Waals surface area contributed by atoms with E-state index in [1.807, 2.05) is 0 Å². The third kappa shape index (κ3) is 3.35.